The van der Waals surface area contributed by atoms with Crippen molar-refractivity contribution in [3.8, 4) is 0 Å². The number of nitrogens with zero attached hydrogens (tertiary/aromatic N) is 2. The lowest BCUT2D eigenvalue weighted by molar-refractivity contribution is 0.0951. The second-order valence-electron chi connectivity index (χ2n) is 4.61. The van der Waals surface area contributed by atoms with E-state index in [0.717, 1.165) is 25.2 Å². The van der Waals surface area contributed by atoms with Gasteiger partial charge in [0.05, 0.1) is 11.8 Å². The maximum atomic E-state index is 11.9. The lowest BCUT2D eigenvalue weighted by Gasteiger charge is -2.10. The van der Waals surface area contributed by atoms with Crippen LogP contribution in [-0.2, 0) is 7.05 Å². The number of hydrogen-bond acceptors (Lipinski definition) is 3. The van der Waals surface area contributed by atoms with Gasteiger partial charge in [0.2, 0.25) is 0 Å². The summed E-state index contributed by atoms with van der Waals surface area (Å²) in [6, 6.07) is 0.574. The van der Waals surface area contributed by atoms with E-state index in [9.17, 15) is 4.79 Å². The average molecular weight is 236 g/mol. The standard InChI is InChI=1S/C12H20N4O/c1-9-11(8-15-16(9)2)12(17)14-7-5-10-4-3-6-13-10/h8,10,13H,3-7H2,1-2H3,(H,14,17)/t10-/m0/s1. The molecule has 1 aliphatic rings. The van der Waals surface area contributed by atoms with E-state index in [0.29, 0.717) is 11.6 Å². The molecule has 0 aliphatic carbocycles. The molecule has 1 fully saturated rings. The molecule has 1 atom stereocenters. The molecule has 0 bridgehead atoms. The van der Waals surface area contributed by atoms with Crippen molar-refractivity contribution in [2.45, 2.75) is 32.2 Å². The summed E-state index contributed by atoms with van der Waals surface area (Å²) < 4.78 is 1.72. The second kappa shape index (κ2) is 5.31. The smallest absolute Gasteiger partial charge is 0.254 e. The van der Waals surface area contributed by atoms with E-state index in [2.05, 4.69) is 15.7 Å². The normalized spacial score (nSPS) is 19.5. The van der Waals surface area contributed by atoms with Gasteiger partial charge in [0.15, 0.2) is 0 Å². The highest BCUT2D eigenvalue weighted by Crippen LogP contribution is 2.08. The molecule has 0 spiro atoms. The molecule has 17 heavy (non-hydrogen) atoms. The van der Waals surface area contributed by atoms with Crippen molar-refractivity contribution in [1.82, 2.24) is 20.4 Å². The Balaban J connectivity index is 1.79. The molecule has 0 saturated carbocycles. The second-order valence-corrected chi connectivity index (χ2v) is 4.61. The van der Waals surface area contributed by atoms with Gasteiger partial charge in [-0.05, 0) is 32.7 Å². The minimum Gasteiger partial charge on any atom is -0.352 e. The van der Waals surface area contributed by atoms with Crippen LogP contribution in [0.15, 0.2) is 6.20 Å². The Morgan fingerprint density at radius 3 is 3.12 bits per heavy atom. The van der Waals surface area contributed by atoms with Crippen LogP contribution in [0.4, 0.5) is 0 Å². The zero-order chi connectivity index (χ0) is 12.3. The number of carbonyl (C=O) groups is 1. The number of nitrogens with one attached hydrogen (secondary N) is 2. The van der Waals surface area contributed by atoms with Gasteiger partial charge in [-0.15, -0.1) is 0 Å². The van der Waals surface area contributed by atoms with Gasteiger partial charge in [-0.2, -0.15) is 5.10 Å². The first-order chi connectivity index (χ1) is 8.18. The molecule has 1 aromatic rings. The molecule has 1 amide bonds. The van der Waals surface area contributed by atoms with Gasteiger partial charge >= 0.3 is 0 Å². The minimum atomic E-state index is -0.0198. The molecule has 5 nitrogen and oxygen atoms in total. The number of rotatable bonds is 4. The fourth-order valence-corrected chi connectivity index (χ4v) is 2.18. The van der Waals surface area contributed by atoms with E-state index < -0.39 is 0 Å². The molecule has 2 rings (SSSR count). The lowest BCUT2D eigenvalue weighted by Crippen LogP contribution is -2.30. The Hall–Kier alpha value is -1.36. The summed E-state index contributed by atoms with van der Waals surface area (Å²) in [5.41, 5.74) is 1.58. The first kappa shape index (κ1) is 12.1. The van der Waals surface area contributed by atoms with Crippen LogP contribution in [0.3, 0.4) is 0 Å². The molecule has 94 valence electrons. The predicted molar refractivity (Wildman–Crippen MR) is 65.9 cm³/mol. The molecule has 0 aromatic carbocycles. The van der Waals surface area contributed by atoms with E-state index in [-0.39, 0.29) is 5.91 Å². The van der Waals surface area contributed by atoms with Crippen LogP contribution in [0.1, 0.15) is 35.3 Å². The van der Waals surface area contributed by atoms with Crippen LogP contribution in [0.5, 0.6) is 0 Å². The topological polar surface area (TPSA) is 59.0 Å². The highest BCUT2D eigenvalue weighted by molar-refractivity contribution is 5.94. The minimum absolute atomic E-state index is 0.0198. The van der Waals surface area contributed by atoms with Crippen molar-refractivity contribution in [1.29, 1.82) is 0 Å². The number of aryl methyl sites for hydroxylation is 1. The van der Waals surface area contributed by atoms with Crippen molar-refractivity contribution in [3.63, 3.8) is 0 Å². The van der Waals surface area contributed by atoms with Crippen LogP contribution in [0.2, 0.25) is 0 Å². The number of aromatic nitrogens is 2. The van der Waals surface area contributed by atoms with Gasteiger partial charge in [0, 0.05) is 25.3 Å². The Bertz CT molecular complexity index is 393. The van der Waals surface area contributed by atoms with Gasteiger partial charge in [-0.3, -0.25) is 9.48 Å². The van der Waals surface area contributed by atoms with Crippen molar-refractivity contribution in [2.75, 3.05) is 13.1 Å². The molecule has 2 heterocycles. The molecule has 1 saturated heterocycles. The van der Waals surface area contributed by atoms with Gasteiger partial charge in [0.1, 0.15) is 0 Å². The maximum Gasteiger partial charge on any atom is 0.254 e. The van der Waals surface area contributed by atoms with Crippen LogP contribution < -0.4 is 10.6 Å². The van der Waals surface area contributed by atoms with E-state index >= 15 is 0 Å². The molecule has 0 unspecified atom stereocenters. The zero-order valence-corrected chi connectivity index (χ0v) is 10.5. The summed E-state index contributed by atoms with van der Waals surface area (Å²) in [7, 11) is 1.84. The van der Waals surface area contributed by atoms with Crippen LogP contribution in [0, 0.1) is 6.92 Å². The third-order valence-electron chi connectivity index (χ3n) is 3.42. The molecule has 2 N–H and O–H groups in total. The van der Waals surface area contributed by atoms with Gasteiger partial charge in [-0.1, -0.05) is 0 Å². The molecular weight excluding hydrogens is 216 g/mol. The fraction of sp³-hybridized carbons (Fsp3) is 0.667. The third kappa shape index (κ3) is 2.85. The fourth-order valence-electron chi connectivity index (χ4n) is 2.18. The van der Waals surface area contributed by atoms with Crippen molar-refractivity contribution in [3.05, 3.63) is 17.5 Å². The molecule has 0 radical (unpaired) electrons. The number of carbonyl (C=O) groups excluding carboxylic acids is 1. The zero-order valence-electron chi connectivity index (χ0n) is 10.5. The van der Waals surface area contributed by atoms with E-state index in [1.807, 2.05) is 14.0 Å². The molecular formula is C12H20N4O. The first-order valence-corrected chi connectivity index (χ1v) is 6.18. The molecule has 1 aliphatic heterocycles. The molecule has 1 aromatic heterocycles. The van der Waals surface area contributed by atoms with Gasteiger partial charge < -0.3 is 10.6 Å². The summed E-state index contributed by atoms with van der Waals surface area (Å²) in [5, 5.41) is 10.4. The Morgan fingerprint density at radius 1 is 1.71 bits per heavy atom. The summed E-state index contributed by atoms with van der Waals surface area (Å²) in [5.74, 6) is -0.0198. The average Bonchev–Trinajstić information content (AvgIpc) is 2.91. The van der Waals surface area contributed by atoms with Crippen molar-refractivity contribution in [2.24, 2.45) is 7.05 Å². The van der Waals surface area contributed by atoms with Crippen LogP contribution in [-0.4, -0.2) is 34.8 Å². The first-order valence-electron chi connectivity index (χ1n) is 6.18. The summed E-state index contributed by atoms with van der Waals surface area (Å²) >= 11 is 0. The van der Waals surface area contributed by atoms with Crippen molar-refractivity contribution < 1.29 is 4.79 Å². The highest BCUT2D eigenvalue weighted by Gasteiger charge is 2.15. The van der Waals surface area contributed by atoms with Gasteiger partial charge in [0.25, 0.3) is 5.91 Å². The number of amides is 1. The van der Waals surface area contributed by atoms with E-state index in [4.69, 9.17) is 0 Å². The van der Waals surface area contributed by atoms with Crippen LogP contribution >= 0.6 is 0 Å². The SMILES string of the molecule is Cc1c(C(=O)NCC[C@@H]2CCCN2)cnn1C. The monoisotopic (exact) mass is 236 g/mol. The molecule has 5 heteroatoms. The highest BCUT2D eigenvalue weighted by atomic mass is 16.1. The Morgan fingerprint density at radius 2 is 2.53 bits per heavy atom. The van der Waals surface area contributed by atoms with Crippen molar-refractivity contribution >= 4 is 5.91 Å². The Labute approximate surface area is 102 Å². The van der Waals surface area contributed by atoms with E-state index in [1.54, 1.807) is 10.9 Å². The van der Waals surface area contributed by atoms with Gasteiger partial charge in [-0.25, -0.2) is 0 Å². The maximum absolute atomic E-state index is 11.9. The quantitative estimate of drug-likeness (QED) is 0.805. The summed E-state index contributed by atoms with van der Waals surface area (Å²) in [4.78, 5) is 11.9. The Kier molecular flexibility index (Phi) is 3.78. The predicted octanol–water partition coefficient (Wildman–Crippen LogP) is 0.600. The number of hydrogen-bond donors (Lipinski definition) is 2. The summed E-state index contributed by atoms with van der Waals surface area (Å²) in [6.07, 6.45) is 5.10. The summed E-state index contributed by atoms with van der Waals surface area (Å²) in [6.45, 7) is 3.74. The largest absolute Gasteiger partial charge is 0.352 e. The van der Waals surface area contributed by atoms with Crippen LogP contribution in [0.25, 0.3) is 0 Å². The lowest BCUT2D eigenvalue weighted by atomic mass is 10.1. The third-order valence-corrected chi connectivity index (χ3v) is 3.42. The van der Waals surface area contributed by atoms with E-state index in [1.165, 1.54) is 12.8 Å².